The molecule has 0 aliphatic heterocycles. The van der Waals surface area contributed by atoms with Crippen LogP contribution in [-0.2, 0) is 6.61 Å². The summed E-state index contributed by atoms with van der Waals surface area (Å²) in [6.07, 6.45) is 6.51. The Morgan fingerprint density at radius 3 is 2.37 bits per heavy atom. The van der Waals surface area contributed by atoms with Crippen molar-refractivity contribution in [2.24, 2.45) is 0 Å². The second kappa shape index (κ2) is 7.69. The Labute approximate surface area is 164 Å². The van der Waals surface area contributed by atoms with Crippen LogP contribution < -0.4 is 4.74 Å². The van der Waals surface area contributed by atoms with Crippen molar-refractivity contribution in [3.05, 3.63) is 76.8 Å². The second-order valence-electron chi connectivity index (χ2n) is 5.47. The monoisotopic (exact) mass is 398 g/mol. The molecule has 4 aromatic rings. The maximum absolute atomic E-state index is 6.13. The maximum Gasteiger partial charge on any atom is 0.252 e. The van der Waals surface area contributed by atoms with Crippen molar-refractivity contribution < 1.29 is 4.74 Å². The van der Waals surface area contributed by atoms with E-state index in [0.29, 0.717) is 33.0 Å². The van der Waals surface area contributed by atoms with E-state index in [-0.39, 0.29) is 6.61 Å². The van der Waals surface area contributed by atoms with E-state index >= 15 is 0 Å². The van der Waals surface area contributed by atoms with Crippen LogP contribution in [-0.4, -0.2) is 29.9 Å². The van der Waals surface area contributed by atoms with Gasteiger partial charge in [0, 0.05) is 21.8 Å². The van der Waals surface area contributed by atoms with Crippen LogP contribution in [0.2, 0.25) is 10.0 Å². The van der Waals surface area contributed by atoms with Crippen LogP contribution in [0.5, 0.6) is 5.75 Å². The van der Waals surface area contributed by atoms with Gasteiger partial charge in [0.25, 0.3) is 5.95 Å². The number of hydrogen-bond acceptors (Lipinski definition) is 6. The van der Waals surface area contributed by atoms with Crippen molar-refractivity contribution in [2.75, 3.05) is 0 Å². The molecule has 1 aromatic carbocycles. The lowest BCUT2D eigenvalue weighted by Gasteiger charge is -2.09. The van der Waals surface area contributed by atoms with Gasteiger partial charge in [0.2, 0.25) is 0 Å². The molecular weight excluding hydrogens is 387 g/mol. The molecule has 0 atom stereocenters. The highest BCUT2D eigenvalue weighted by atomic mass is 35.5. The van der Waals surface area contributed by atoms with Crippen LogP contribution in [0.25, 0.3) is 17.3 Å². The first-order chi connectivity index (χ1) is 13.2. The van der Waals surface area contributed by atoms with Crippen molar-refractivity contribution in [2.45, 2.75) is 6.61 Å². The maximum atomic E-state index is 6.13. The molecule has 0 unspecified atom stereocenters. The fourth-order valence-corrected chi connectivity index (χ4v) is 2.83. The van der Waals surface area contributed by atoms with Crippen LogP contribution >= 0.6 is 23.2 Å². The summed E-state index contributed by atoms with van der Waals surface area (Å²) < 4.78 is 7.14. The number of rotatable bonds is 5. The molecule has 3 aromatic heterocycles. The second-order valence-corrected chi connectivity index (χ2v) is 6.29. The van der Waals surface area contributed by atoms with Gasteiger partial charge in [-0.05, 0) is 24.3 Å². The minimum Gasteiger partial charge on any atom is -0.486 e. The first-order valence-corrected chi connectivity index (χ1v) is 8.68. The topological polar surface area (TPSA) is 78.6 Å². The van der Waals surface area contributed by atoms with Gasteiger partial charge in [-0.25, -0.2) is 9.97 Å². The summed E-state index contributed by atoms with van der Waals surface area (Å²) in [5, 5.41) is 9.22. The Morgan fingerprint density at radius 2 is 1.67 bits per heavy atom. The number of ether oxygens (including phenoxy) is 1. The molecule has 0 amide bonds. The molecule has 3 heterocycles. The SMILES string of the molecule is Clc1cccc(Cl)c1COc1cnc(-n2cc(-c3ccccn3)nn2)nc1. The third-order valence-corrected chi connectivity index (χ3v) is 4.39. The molecule has 0 radical (unpaired) electrons. The fraction of sp³-hybridized carbons (Fsp3) is 0.0556. The molecule has 0 saturated carbocycles. The van der Waals surface area contributed by atoms with E-state index < -0.39 is 0 Å². The molecule has 4 rings (SSSR count). The lowest BCUT2D eigenvalue weighted by molar-refractivity contribution is 0.303. The molecular formula is C18H12Cl2N6O. The van der Waals surface area contributed by atoms with E-state index in [2.05, 4.69) is 25.3 Å². The molecule has 0 saturated heterocycles. The number of pyridine rings is 1. The van der Waals surface area contributed by atoms with Crippen molar-refractivity contribution >= 4 is 23.2 Å². The number of nitrogens with zero attached hydrogens (tertiary/aromatic N) is 6. The summed E-state index contributed by atoms with van der Waals surface area (Å²) in [6, 6.07) is 10.9. The predicted octanol–water partition coefficient (Wildman–Crippen LogP) is 4.01. The molecule has 0 bridgehead atoms. The molecule has 7 nitrogen and oxygen atoms in total. The Bertz CT molecular complexity index is 1030. The number of halogens is 2. The third-order valence-electron chi connectivity index (χ3n) is 3.69. The molecule has 0 aliphatic carbocycles. The molecule has 0 fully saturated rings. The van der Waals surface area contributed by atoms with Crippen molar-refractivity contribution in [1.82, 2.24) is 29.9 Å². The first-order valence-electron chi connectivity index (χ1n) is 7.92. The smallest absolute Gasteiger partial charge is 0.252 e. The Balaban J connectivity index is 1.47. The Hall–Kier alpha value is -3.03. The van der Waals surface area contributed by atoms with Gasteiger partial charge in [0.1, 0.15) is 12.3 Å². The lowest BCUT2D eigenvalue weighted by Crippen LogP contribution is -2.03. The minimum absolute atomic E-state index is 0.217. The summed E-state index contributed by atoms with van der Waals surface area (Å²) in [5.41, 5.74) is 2.06. The van der Waals surface area contributed by atoms with Gasteiger partial charge in [0.15, 0.2) is 5.75 Å². The average Bonchev–Trinajstić information content (AvgIpc) is 3.19. The molecule has 0 spiro atoms. The minimum atomic E-state index is 0.217. The quantitative estimate of drug-likeness (QED) is 0.505. The van der Waals surface area contributed by atoms with Crippen molar-refractivity contribution in [3.8, 4) is 23.1 Å². The van der Waals surface area contributed by atoms with E-state index in [1.807, 2.05) is 18.2 Å². The van der Waals surface area contributed by atoms with E-state index in [9.17, 15) is 0 Å². The average molecular weight is 399 g/mol. The third kappa shape index (κ3) is 3.89. The van der Waals surface area contributed by atoms with E-state index in [4.69, 9.17) is 27.9 Å². The van der Waals surface area contributed by atoms with Gasteiger partial charge in [0.05, 0.1) is 24.3 Å². The van der Waals surface area contributed by atoms with Crippen LogP contribution in [0, 0.1) is 0 Å². The van der Waals surface area contributed by atoms with E-state index in [1.54, 1.807) is 43.0 Å². The highest BCUT2D eigenvalue weighted by molar-refractivity contribution is 6.35. The Morgan fingerprint density at radius 1 is 0.889 bits per heavy atom. The summed E-state index contributed by atoms with van der Waals surface area (Å²) in [6.45, 7) is 0.217. The molecule has 0 N–H and O–H groups in total. The van der Waals surface area contributed by atoms with Gasteiger partial charge in [-0.15, -0.1) is 5.10 Å². The number of aromatic nitrogens is 6. The van der Waals surface area contributed by atoms with Gasteiger partial charge >= 0.3 is 0 Å². The van der Waals surface area contributed by atoms with Crippen LogP contribution in [0.1, 0.15) is 5.56 Å². The van der Waals surface area contributed by atoms with Crippen LogP contribution in [0.4, 0.5) is 0 Å². The van der Waals surface area contributed by atoms with Crippen LogP contribution in [0.15, 0.2) is 61.2 Å². The van der Waals surface area contributed by atoms with Crippen LogP contribution in [0.3, 0.4) is 0 Å². The summed E-state index contributed by atoms with van der Waals surface area (Å²) in [5.74, 6) is 0.854. The zero-order chi connectivity index (χ0) is 18.6. The largest absolute Gasteiger partial charge is 0.486 e. The van der Waals surface area contributed by atoms with E-state index in [0.717, 1.165) is 5.69 Å². The molecule has 9 heteroatoms. The number of benzene rings is 1. The zero-order valence-corrected chi connectivity index (χ0v) is 15.3. The summed E-state index contributed by atoms with van der Waals surface area (Å²) >= 11 is 12.3. The summed E-state index contributed by atoms with van der Waals surface area (Å²) in [7, 11) is 0. The van der Waals surface area contributed by atoms with Gasteiger partial charge in [-0.3, -0.25) is 4.98 Å². The molecule has 134 valence electrons. The fourth-order valence-electron chi connectivity index (χ4n) is 2.32. The highest BCUT2D eigenvalue weighted by Gasteiger charge is 2.09. The first kappa shape index (κ1) is 17.4. The molecule has 27 heavy (non-hydrogen) atoms. The Kier molecular flexibility index (Phi) is 4.95. The molecule has 0 aliphatic rings. The highest BCUT2D eigenvalue weighted by Crippen LogP contribution is 2.25. The lowest BCUT2D eigenvalue weighted by atomic mass is 10.2. The van der Waals surface area contributed by atoms with E-state index in [1.165, 1.54) is 4.68 Å². The van der Waals surface area contributed by atoms with Crippen molar-refractivity contribution in [1.29, 1.82) is 0 Å². The van der Waals surface area contributed by atoms with Crippen molar-refractivity contribution in [3.63, 3.8) is 0 Å². The van der Waals surface area contributed by atoms with Gasteiger partial charge in [-0.2, -0.15) is 4.68 Å². The zero-order valence-electron chi connectivity index (χ0n) is 13.8. The summed E-state index contributed by atoms with van der Waals surface area (Å²) in [4.78, 5) is 12.7. The normalized spacial score (nSPS) is 10.7. The number of hydrogen-bond donors (Lipinski definition) is 0. The van der Waals surface area contributed by atoms with Gasteiger partial charge < -0.3 is 4.74 Å². The predicted molar refractivity (Wildman–Crippen MR) is 101 cm³/mol. The standard InChI is InChI=1S/C18H12Cl2N6O/c19-14-4-3-5-15(20)13(14)11-27-12-8-22-18(23-9-12)26-10-17(24-25-26)16-6-1-2-7-21-16/h1-10H,11H2. The van der Waals surface area contributed by atoms with Gasteiger partial charge in [-0.1, -0.05) is 40.5 Å².